The molecule has 2 N–H and O–H groups in total. The van der Waals surface area contributed by atoms with Crippen molar-refractivity contribution in [3.63, 3.8) is 0 Å². The molecule has 1 fully saturated rings. The summed E-state index contributed by atoms with van der Waals surface area (Å²) in [6, 6.07) is 15.6. The zero-order chi connectivity index (χ0) is 25.0. The Kier molecular flexibility index (Phi) is 7.41. The second-order valence-electron chi connectivity index (χ2n) is 7.27. The fourth-order valence-electron chi connectivity index (χ4n) is 3.09. The number of anilines is 1. The molecule has 2 heterocycles. The molecule has 4 rings (SSSR count). The molecule has 0 bridgehead atoms. The highest BCUT2D eigenvalue weighted by atomic mass is 35.5. The highest BCUT2D eigenvalue weighted by molar-refractivity contribution is 8.18. The van der Waals surface area contributed by atoms with Crippen molar-refractivity contribution in [1.29, 1.82) is 0 Å². The molecule has 3 amide bonds. The second-order valence-corrected chi connectivity index (χ2v) is 10.4. The first-order valence-electron chi connectivity index (χ1n) is 10.1. The van der Waals surface area contributed by atoms with Crippen LogP contribution in [-0.2, 0) is 26.2 Å². The first kappa shape index (κ1) is 24.7. The third kappa shape index (κ3) is 6.01. The lowest BCUT2D eigenvalue weighted by Crippen LogP contribution is -2.36. The Bertz CT molecular complexity index is 1400. The van der Waals surface area contributed by atoms with Crippen LogP contribution < -0.4 is 10.0 Å². The highest BCUT2D eigenvalue weighted by Crippen LogP contribution is 2.33. The molecule has 1 saturated heterocycles. The van der Waals surface area contributed by atoms with Gasteiger partial charge >= 0.3 is 0 Å². The van der Waals surface area contributed by atoms with Gasteiger partial charge in [0, 0.05) is 10.7 Å². The molecule has 0 unspecified atom stereocenters. The van der Waals surface area contributed by atoms with Crippen molar-refractivity contribution in [3.05, 3.63) is 88.2 Å². The molecular weight excluding hydrogens is 514 g/mol. The Balaban J connectivity index is 1.36. The number of hydrogen-bond donors (Lipinski definition) is 2. The van der Waals surface area contributed by atoms with Crippen LogP contribution in [0.1, 0.15) is 11.3 Å². The third-order valence-corrected chi connectivity index (χ3v) is 7.50. The molecule has 3 aromatic rings. The van der Waals surface area contributed by atoms with Crippen LogP contribution in [-0.4, -0.2) is 36.9 Å². The summed E-state index contributed by atoms with van der Waals surface area (Å²) in [5, 5.41) is 2.40. The van der Waals surface area contributed by atoms with Crippen LogP contribution in [0.4, 0.5) is 10.5 Å². The van der Waals surface area contributed by atoms with Crippen molar-refractivity contribution in [2.75, 3.05) is 11.9 Å². The number of rotatable bonds is 8. The SMILES string of the molecule is O=C(CN1C(=O)S/C(=C\c2ccccc2Cl)C1=O)Nc1ccc(S(=O)(=O)NCc2ccco2)cc1. The minimum atomic E-state index is -3.79. The summed E-state index contributed by atoms with van der Waals surface area (Å²) < 4.78 is 32.3. The number of carbonyl (C=O) groups is 3. The van der Waals surface area contributed by atoms with E-state index < -0.39 is 33.6 Å². The third-order valence-electron chi connectivity index (χ3n) is 4.83. The molecule has 0 atom stereocenters. The van der Waals surface area contributed by atoms with E-state index in [0.29, 0.717) is 22.0 Å². The van der Waals surface area contributed by atoms with Crippen molar-refractivity contribution in [1.82, 2.24) is 9.62 Å². The monoisotopic (exact) mass is 531 g/mol. The van der Waals surface area contributed by atoms with E-state index in [0.717, 1.165) is 16.7 Å². The number of sulfonamides is 1. The Morgan fingerprint density at radius 3 is 2.49 bits per heavy atom. The maximum Gasteiger partial charge on any atom is 0.294 e. The molecule has 0 saturated carbocycles. The van der Waals surface area contributed by atoms with Crippen LogP contribution >= 0.6 is 23.4 Å². The van der Waals surface area contributed by atoms with Gasteiger partial charge in [-0.05, 0) is 65.9 Å². The summed E-state index contributed by atoms with van der Waals surface area (Å²) in [5.74, 6) is -0.747. The lowest BCUT2D eigenvalue weighted by atomic mass is 10.2. The summed E-state index contributed by atoms with van der Waals surface area (Å²) in [7, 11) is -3.79. The lowest BCUT2D eigenvalue weighted by Gasteiger charge is -2.13. The van der Waals surface area contributed by atoms with E-state index >= 15 is 0 Å². The van der Waals surface area contributed by atoms with Gasteiger partial charge < -0.3 is 9.73 Å². The smallest absolute Gasteiger partial charge is 0.294 e. The Morgan fingerprint density at radius 2 is 1.80 bits per heavy atom. The minimum Gasteiger partial charge on any atom is -0.468 e. The molecule has 35 heavy (non-hydrogen) atoms. The fraction of sp³-hybridized carbons (Fsp3) is 0.0870. The number of nitrogens with zero attached hydrogens (tertiary/aromatic N) is 1. The van der Waals surface area contributed by atoms with Gasteiger partial charge in [0.1, 0.15) is 12.3 Å². The van der Waals surface area contributed by atoms with E-state index in [1.54, 1.807) is 36.4 Å². The summed E-state index contributed by atoms with van der Waals surface area (Å²) in [6.07, 6.45) is 2.95. The van der Waals surface area contributed by atoms with Gasteiger partial charge in [0.05, 0.1) is 22.6 Å². The zero-order valence-corrected chi connectivity index (χ0v) is 20.3. The lowest BCUT2D eigenvalue weighted by molar-refractivity contribution is -0.127. The number of nitrogens with one attached hydrogen (secondary N) is 2. The van der Waals surface area contributed by atoms with Crippen molar-refractivity contribution in [3.8, 4) is 0 Å². The molecule has 0 radical (unpaired) electrons. The van der Waals surface area contributed by atoms with Crippen LogP contribution in [0, 0.1) is 0 Å². The molecule has 12 heteroatoms. The Morgan fingerprint density at radius 1 is 1.06 bits per heavy atom. The number of hydrogen-bond acceptors (Lipinski definition) is 7. The molecule has 9 nitrogen and oxygen atoms in total. The van der Waals surface area contributed by atoms with Gasteiger partial charge in [-0.15, -0.1) is 0 Å². The maximum atomic E-state index is 12.6. The van der Waals surface area contributed by atoms with E-state index in [4.69, 9.17) is 16.0 Å². The molecule has 2 aromatic carbocycles. The normalized spacial score (nSPS) is 15.1. The van der Waals surface area contributed by atoms with Crippen LogP contribution in [0.2, 0.25) is 5.02 Å². The average molecular weight is 532 g/mol. The summed E-state index contributed by atoms with van der Waals surface area (Å²) in [6.45, 7) is -0.494. The predicted molar refractivity (Wildman–Crippen MR) is 132 cm³/mol. The maximum absolute atomic E-state index is 12.6. The highest BCUT2D eigenvalue weighted by Gasteiger charge is 2.36. The van der Waals surface area contributed by atoms with Gasteiger partial charge in [0.2, 0.25) is 15.9 Å². The molecule has 1 aliphatic rings. The number of benzene rings is 2. The zero-order valence-electron chi connectivity index (χ0n) is 17.9. The number of thioether (sulfide) groups is 1. The van der Waals surface area contributed by atoms with Gasteiger partial charge in [-0.3, -0.25) is 19.3 Å². The number of imide groups is 1. The van der Waals surface area contributed by atoms with Crippen LogP contribution in [0.25, 0.3) is 6.08 Å². The Hall–Kier alpha value is -3.38. The van der Waals surface area contributed by atoms with Crippen molar-refractivity contribution in [2.45, 2.75) is 11.4 Å². The molecule has 1 aromatic heterocycles. The van der Waals surface area contributed by atoms with Crippen LogP contribution in [0.3, 0.4) is 0 Å². The van der Waals surface area contributed by atoms with Gasteiger partial charge in [-0.25, -0.2) is 13.1 Å². The standard InChI is InChI=1S/C23H18ClN3O6S2/c24-19-6-2-1-4-15(19)12-20-22(29)27(23(30)34-20)14-21(28)26-16-7-9-18(10-8-16)35(31,32)25-13-17-5-3-11-33-17/h1-12,25H,13-14H2,(H,26,28)/b20-12-. The first-order chi connectivity index (χ1) is 16.7. The first-order valence-corrected chi connectivity index (χ1v) is 12.8. The number of halogens is 1. The minimum absolute atomic E-state index is 0.00212. The molecule has 180 valence electrons. The van der Waals surface area contributed by atoms with E-state index in [1.165, 1.54) is 36.6 Å². The molecule has 1 aliphatic heterocycles. The molecular formula is C23H18ClN3O6S2. The van der Waals surface area contributed by atoms with E-state index in [1.807, 2.05) is 0 Å². The number of amides is 3. The van der Waals surface area contributed by atoms with E-state index in [-0.39, 0.29) is 16.3 Å². The number of furan rings is 1. The van der Waals surface area contributed by atoms with E-state index in [2.05, 4.69) is 10.0 Å². The van der Waals surface area contributed by atoms with Crippen molar-refractivity contribution < 1.29 is 27.2 Å². The number of carbonyl (C=O) groups excluding carboxylic acids is 3. The summed E-state index contributed by atoms with van der Waals surface area (Å²) in [4.78, 5) is 38.4. The Labute approximate surface area is 210 Å². The van der Waals surface area contributed by atoms with Crippen LogP contribution in [0.5, 0.6) is 0 Å². The average Bonchev–Trinajstić information content (AvgIpc) is 3.44. The molecule has 0 aliphatic carbocycles. The van der Waals surface area contributed by atoms with Crippen LogP contribution in [0.15, 0.2) is 81.1 Å². The predicted octanol–water partition coefficient (Wildman–Crippen LogP) is 4.09. The molecule has 0 spiro atoms. The topological polar surface area (TPSA) is 126 Å². The quantitative estimate of drug-likeness (QED) is 0.419. The van der Waals surface area contributed by atoms with Gasteiger partial charge in [-0.2, -0.15) is 0 Å². The fourth-order valence-corrected chi connectivity index (χ4v) is 5.11. The largest absolute Gasteiger partial charge is 0.468 e. The summed E-state index contributed by atoms with van der Waals surface area (Å²) in [5.41, 5.74) is 0.886. The van der Waals surface area contributed by atoms with Gasteiger partial charge in [0.15, 0.2) is 0 Å². The van der Waals surface area contributed by atoms with Crippen molar-refractivity contribution >= 4 is 62.2 Å². The second kappa shape index (κ2) is 10.5. The van der Waals surface area contributed by atoms with Crippen molar-refractivity contribution in [2.24, 2.45) is 0 Å². The van der Waals surface area contributed by atoms with Gasteiger partial charge in [-0.1, -0.05) is 29.8 Å². The summed E-state index contributed by atoms with van der Waals surface area (Å²) >= 11 is 6.83. The van der Waals surface area contributed by atoms with Gasteiger partial charge in [0.25, 0.3) is 11.1 Å². The van der Waals surface area contributed by atoms with E-state index in [9.17, 15) is 22.8 Å².